The molecule has 1 aromatic heterocycles. The Morgan fingerprint density at radius 3 is 2.33 bits per heavy atom. The third kappa shape index (κ3) is 2.00. The summed E-state index contributed by atoms with van der Waals surface area (Å²) in [5.41, 5.74) is 2.02. The highest BCUT2D eigenvalue weighted by molar-refractivity contribution is 5.72. The third-order valence-electron chi connectivity index (χ3n) is 3.46. The van der Waals surface area contributed by atoms with Crippen molar-refractivity contribution < 1.29 is 9.53 Å². The van der Waals surface area contributed by atoms with Gasteiger partial charge in [-0.1, -0.05) is 0 Å². The zero-order chi connectivity index (χ0) is 13.7. The number of carbonyl (C=O) groups excluding carboxylic acids is 1. The molecule has 4 nitrogen and oxygen atoms in total. The molecule has 0 N–H and O–H groups in total. The van der Waals surface area contributed by atoms with E-state index < -0.39 is 0 Å². The maximum absolute atomic E-state index is 12.0. The van der Waals surface area contributed by atoms with Crippen molar-refractivity contribution in [3.63, 3.8) is 0 Å². The lowest BCUT2D eigenvalue weighted by atomic mass is 10.0. The summed E-state index contributed by atoms with van der Waals surface area (Å²) in [7, 11) is 1.99. The van der Waals surface area contributed by atoms with E-state index in [4.69, 9.17) is 4.74 Å². The van der Waals surface area contributed by atoms with Crippen molar-refractivity contribution in [3.05, 3.63) is 23.5 Å². The van der Waals surface area contributed by atoms with Gasteiger partial charge in [0.25, 0.3) is 0 Å². The summed E-state index contributed by atoms with van der Waals surface area (Å²) in [6.45, 7) is 10.2. The molecule has 1 aliphatic rings. The number of hydrogen-bond acceptors (Lipinski definition) is 2. The first-order valence-corrected chi connectivity index (χ1v) is 6.34. The van der Waals surface area contributed by atoms with Crippen LogP contribution in [0.2, 0.25) is 0 Å². The summed E-state index contributed by atoms with van der Waals surface area (Å²) < 4.78 is 7.60. The van der Waals surface area contributed by atoms with Crippen LogP contribution in [0.15, 0.2) is 12.3 Å². The summed E-state index contributed by atoms with van der Waals surface area (Å²) >= 11 is 0. The van der Waals surface area contributed by atoms with E-state index in [1.54, 1.807) is 0 Å². The van der Waals surface area contributed by atoms with Gasteiger partial charge in [0, 0.05) is 18.8 Å². The standard InChI is InChI=1S/C14H22N2O2/c1-9-7-11(15(6)8-9)12-10(2)16(13(17)18-12)14(3,4)5/h7-8,10,12H,1-6H3/t10-,12-/m0/s1. The van der Waals surface area contributed by atoms with Gasteiger partial charge in [-0.3, -0.25) is 4.90 Å². The van der Waals surface area contributed by atoms with Crippen LogP contribution in [0.1, 0.15) is 45.1 Å². The van der Waals surface area contributed by atoms with Crippen LogP contribution >= 0.6 is 0 Å². The third-order valence-corrected chi connectivity index (χ3v) is 3.46. The SMILES string of the molecule is Cc1cc([C@H]2OC(=O)N(C(C)(C)C)[C@H]2C)n(C)c1. The van der Waals surface area contributed by atoms with Crippen molar-refractivity contribution in [2.75, 3.05) is 0 Å². The molecule has 1 aromatic rings. The molecule has 1 fully saturated rings. The molecule has 0 radical (unpaired) electrons. The zero-order valence-corrected chi connectivity index (χ0v) is 12.0. The summed E-state index contributed by atoms with van der Waals surface area (Å²) in [5, 5.41) is 0. The molecule has 18 heavy (non-hydrogen) atoms. The van der Waals surface area contributed by atoms with Crippen molar-refractivity contribution in [3.8, 4) is 0 Å². The molecule has 4 heteroatoms. The number of aryl methyl sites for hydroxylation is 2. The van der Waals surface area contributed by atoms with E-state index in [2.05, 4.69) is 12.3 Å². The first-order valence-electron chi connectivity index (χ1n) is 6.34. The first kappa shape index (κ1) is 13.0. The van der Waals surface area contributed by atoms with Crippen molar-refractivity contribution in [2.24, 2.45) is 7.05 Å². The number of carbonyl (C=O) groups is 1. The van der Waals surface area contributed by atoms with E-state index in [1.807, 2.05) is 51.1 Å². The van der Waals surface area contributed by atoms with Crippen LogP contribution in [-0.4, -0.2) is 27.1 Å². The molecule has 0 unspecified atom stereocenters. The number of ether oxygens (including phenoxy) is 1. The molecular formula is C14H22N2O2. The zero-order valence-electron chi connectivity index (χ0n) is 12.0. The predicted molar refractivity (Wildman–Crippen MR) is 70.4 cm³/mol. The maximum Gasteiger partial charge on any atom is 0.411 e. The Hall–Kier alpha value is -1.45. The molecule has 0 aromatic carbocycles. The van der Waals surface area contributed by atoms with E-state index >= 15 is 0 Å². The highest BCUT2D eigenvalue weighted by Gasteiger charge is 2.45. The van der Waals surface area contributed by atoms with Crippen molar-refractivity contribution in [1.82, 2.24) is 9.47 Å². The van der Waals surface area contributed by atoms with Gasteiger partial charge in [-0.15, -0.1) is 0 Å². The van der Waals surface area contributed by atoms with Crippen LogP contribution in [0.3, 0.4) is 0 Å². The molecule has 2 rings (SSSR count). The van der Waals surface area contributed by atoms with E-state index in [1.165, 1.54) is 5.56 Å². The minimum absolute atomic E-state index is 0.0468. The molecule has 0 spiro atoms. The monoisotopic (exact) mass is 250 g/mol. The molecule has 0 bridgehead atoms. The quantitative estimate of drug-likeness (QED) is 0.768. The van der Waals surface area contributed by atoms with Crippen LogP contribution in [-0.2, 0) is 11.8 Å². The molecular weight excluding hydrogens is 228 g/mol. The van der Waals surface area contributed by atoms with Gasteiger partial charge in [0.05, 0.1) is 11.7 Å². The summed E-state index contributed by atoms with van der Waals surface area (Å²) in [4.78, 5) is 13.8. The van der Waals surface area contributed by atoms with Gasteiger partial charge in [0.1, 0.15) is 0 Å². The molecule has 0 saturated carbocycles. The topological polar surface area (TPSA) is 34.5 Å². The van der Waals surface area contributed by atoms with Gasteiger partial charge < -0.3 is 9.30 Å². The Kier molecular flexibility index (Phi) is 2.92. The molecule has 0 aliphatic carbocycles. The smallest absolute Gasteiger partial charge is 0.411 e. The van der Waals surface area contributed by atoms with Gasteiger partial charge in [-0.2, -0.15) is 0 Å². The Balaban J connectivity index is 2.34. The Morgan fingerprint density at radius 1 is 1.33 bits per heavy atom. The van der Waals surface area contributed by atoms with Crippen LogP contribution in [0.25, 0.3) is 0 Å². The molecule has 2 atom stereocenters. The predicted octanol–water partition coefficient (Wildman–Crippen LogP) is 3.01. The van der Waals surface area contributed by atoms with Crippen molar-refractivity contribution in [2.45, 2.75) is 52.3 Å². The Labute approximate surface area is 109 Å². The summed E-state index contributed by atoms with van der Waals surface area (Å²) in [6.07, 6.45) is 1.64. The lowest BCUT2D eigenvalue weighted by molar-refractivity contribution is 0.118. The van der Waals surface area contributed by atoms with Crippen LogP contribution in [0, 0.1) is 6.92 Å². The van der Waals surface area contributed by atoms with Crippen molar-refractivity contribution in [1.29, 1.82) is 0 Å². The lowest BCUT2D eigenvalue weighted by Gasteiger charge is -2.33. The fourth-order valence-corrected chi connectivity index (χ4v) is 2.79. The van der Waals surface area contributed by atoms with E-state index in [9.17, 15) is 4.79 Å². The van der Waals surface area contributed by atoms with Gasteiger partial charge in [-0.25, -0.2) is 4.79 Å². The molecule has 1 aliphatic heterocycles. The van der Waals surface area contributed by atoms with E-state index in [-0.39, 0.29) is 23.8 Å². The lowest BCUT2D eigenvalue weighted by Crippen LogP contribution is -2.46. The number of rotatable bonds is 1. The second-order valence-electron chi connectivity index (χ2n) is 6.14. The van der Waals surface area contributed by atoms with Crippen LogP contribution in [0.4, 0.5) is 4.79 Å². The number of cyclic esters (lactones) is 1. The van der Waals surface area contributed by atoms with Gasteiger partial charge >= 0.3 is 6.09 Å². The minimum Gasteiger partial charge on any atom is -0.437 e. The molecule has 1 saturated heterocycles. The summed E-state index contributed by atoms with van der Waals surface area (Å²) in [6, 6.07) is 2.13. The molecule has 2 heterocycles. The second kappa shape index (κ2) is 4.04. The van der Waals surface area contributed by atoms with E-state index in [0.29, 0.717) is 0 Å². The van der Waals surface area contributed by atoms with Gasteiger partial charge in [0.15, 0.2) is 6.10 Å². The van der Waals surface area contributed by atoms with Crippen LogP contribution < -0.4 is 0 Å². The van der Waals surface area contributed by atoms with Gasteiger partial charge in [0.2, 0.25) is 0 Å². The average Bonchev–Trinajstić information content (AvgIpc) is 2.65. The number of aromatic nitrogens is 1. The highest BCUT2D eigenvalue weighted by atomic mass is 16.6. The second-order valence-corrected chi connectivity index (χ2v) is 6.14. The number of hydrogen-bond donors (Lipinski definition) is 0. The Bertz CT molecular complexity index is 471. The fraction of sp³-hybridized carbons (Fsp3) is 0.643. The minimum atomic E-state index is -0.223. The number of amides is 1. The largest absolute Gasteiger partial charge is 0.437 e. The normalized spacial score (nSPS) is 24.6. The fourth-order valence-electron chi connectivity index (χ4n) is 2.79. The highest BCUT2D eigenvalue weighted by Crippen LogP contribution is 2.36. The molecule has 100 valence electrons. The first-order chi connectivity index (χ1) is 8.21. The molecule has 1 amide bonds. The van der Waals surface area contributed by atoms with Crippen LogP contribution in [0.5, 0.6) is 0 Å². The number of nitrogens with zero attached hydrogens (tertiary/aromatic N) is 2. The summed E-state index contributed by atoms with van der Waals surface area (Å²) in [5.74, 6) is 0. The maximum atomic E-state index is 12.0. The van der Waals surface area contributed by atoms with Crippen molar-refractivity contribution >= 4 is 6.09 Å². The Morgan fingerprint density at radius 2 is 1.94 bits per heavy atom. The van der Waals surface area contributed by atoms with Gasteiger partial charge in [-0.05, 0) is 46.2 Å². The average molecular weight is 250 g/mol. The van der Waals surface area contributed by atoms with E-state index in [0.717, 1.165) is 5.69 Å².